The highest BCUT2D eigenvalue weighted by Gasteiger charge is 2.16. The van der Waals surface area contributed by atoms with Crippen LogP contribution in [-0.4, -0.2) is 13.4 Å². The molecule has 0 bridgehead atoms. The number of nitrogens with zero attached hydrogens (tertiary/aromatic N) is 1. The molecule has 0 aliphatic heterocycles. The van der Waals surface area contributed by atoms with E-state index in [9.17, 15) is 12.8 Å². The van der Waals surface area contributed by atoms with Crippen LogP contribution in [0.25, 0.3) is 11.1 Å². The quantitative estimate of drug-likeness (QED) is 0.789. The Morgan fingerprint density at radius 3 is 2.24 bits per heavy atom. The van der Waals surface area contributed by atoms with Crippen LogP contribution >= 0.6 is 10.7 Å². The lowest BCUT2D eigenvalue weighted by Crippen LogP contribution is -1.95. The molecular weight excluding hydrogens is 265 g/mol. The summed E-state index contributed by atoms with van der Waals surface area (Å²) in [5.74, 6) is -0.866. The highest BCUT2D eigenvalue weighted by Crippen LogP contribution is 2.25. The Bertz CT molecular complexity index is 644. The van der Waals surface area contributed by atoms with Gasteiger partial charge in [0.1, 0.15) is 10.7 Å². The molecule has 88 valence electrons. The molecule has 0 radical (unpaired) electrons. The maximum Gasteiger partial charge on any atom is 0.264 e. The van der Waals surface area contributed by atoms with Gasteiger partial charge in [0.25, 0.3) is 9.05 Å². The van der Waals surface area contributed by atoms with Crippen LogP contribution in [0.2, 0.25) is 0 Å². The first-order valence-electron chi connectivity index (χ1n) is 4.63. The van der Waals surface area contributed by atoms with E-state index in [1.165, 1.54) is 6.07 Å². The summed E-state index contributed by atoms with van der Waals surface area (Å²) in [4.78, 5) is 3.32. The highest BCUT2D eigenvalue weighted by atomic mass is 35.7. The Labute approximate surface area is 102 Å². The van der Waals surface area contributed by atoms with Crippen molar-refractivity contribution < 1.29 is 12.8 Å². The molecule has 0 saturated heterocycles. The fourth-order valence-electron chi connectivity index (χ4n) is 1.42. The number of benzene rings is 1. The molecule has 0 saturated carbocycles. The summed E-state index contributed by atoms with van der Waals surface area (Å²) in [6.07, 6.45) is 3.14. The molecule has 0 fully saturated rings. The molecule has 3 nitrogen and oxygen atoms in total. The van der Waals surface area contributed by atoms with E-state index in [4.69, 9.17) is 10.7 Å². The summed E-state index contributed by atoms with van der Waals surface area (Å²) >= 11 is 0. The standard InChI is InChI=1S/C11H7ClFNO2S/c12-17(15,16)11-2-1-9(7-10(11)13)8-3-5-14-6-4-8/h1-7H. The van der Waals surface area contributed by atoms with Crippen molar-refractivity contribution in [2.24, 2.45) is 0 Å². The van der Waals surface area contributed by atoms with Gasteiger partial charge in [-0.3, -0.25) is 4.98 Å². The predicted octanol–water partition coefficient (Wildman–Crippen LogP) is 2.82. The van der Waals surface area contributed by atoms with E-state index in [1.54, 1.807) is 24.5 Å². The molecule has 2 rings (SSSR count). The van der Waals surface area contributed by atoms with E-state index < -0.39 is 19.8 Å². The van der Waals surface area contributed by atoms with E-state index in [1.807, 2.05) is 0 Å². The summed E-state index contributed by atoms with van der Waals surface area (Å²) < 4.78 is 35.6. The minimum atomic E-state index is -4.05. The molecule has 0 aliphatic rings. The number of hydrogen-bond acceptors (Lipinski definition) is 3. The number of hydrogen-bond donors (Lipinski definition) is 0. The van der Waals surface area contributed by atoms with Crippen LogP contribution in [0.15, 0.2) is 47.6 Å². The van der Waals surface area contributed by atoms with Gasteiger partial charge < -0.3 is 0 Å². The number of aromatic nitrogens is 1. The van der Waals surface area contributed by atoms with E-state index >= 15 is 0 Å². The molecule has 2 aromatic rings. The van der Waals surface area contributed by atoms with Crippen molar-refractivity contribution in [2.45, 2.75) is 4.90 Å². The van der Waals surface area contributed by atoms with Crippen molar-refractivity contribution in [3.63, 3.8) is 0 Å². The Morgan fingerprint density at radius 1 is 1.06 bits per heavy atom. The van der Waals surface area contributed by atoms with Crippen molar-refractivity contribution in [1.82, 2.24) is 4.98 Å². The average molecular weight is 272 g/mol. The first kappa shape index (κ1) is 12.0. The Balaban J connectivity index is 2.53. The van der Waals surface area contributed by atoms with Gasteiger partial charge in [-0.2, -0.15) is 0 Å². The molecule has 17 heavy (non-hydrogen) atoms. The lowest BCUT2D eigenvalue weighted by atomic mass is 10.1. The predicted molar refractivity (Wildman–Crippen MR) is 62.7 cm³/mol. The van der Waals surface area contributed by atoms with Crippen LogP contribution in [0, 0.1) is 5.82 Å². The first-order valence-corrected chi connectivity index (χ1v) is 6.94. The lowest BCUT2D eigenvalue weighted by Gasteiger charge is -2.03. The van der Waals surface area contributed by atoms with Crippen LogP contribution in [0.1, 0.15) is 0 Å². The van der Waals surface area contributed by atoms with Crippen LogP contribution in [-0.2, 0) is 9.05 Å². The van der Waals surface area contributed by atoms with E-state index in [0.717, 1.165) is 17.7 Å². The van der Waals surface area contributed by atoms with Gasteiger partial charge in [0.05, 0.1) is 0 Å². The molecule has 0 atom stereocenters. The molecule has 1 heterocycles. The van der Waals surface area contributed by atoms with Crippen molar-refractivity contribution in [3.05, 3.63) is 48.5 Å². The SMILES string of the molecule is O=S(=O)(Cl)c1ccc(-c2ccncc2)cc1F. The molecule has 1 aromatic carbocycles. The first-order chi connectivity index (χ1) is 7.98. The molecule has 0 N–H and O–H groups in total. The zero-order valence-corrected chi connectivity index (χ0v) is 10.0. The minimum Gasteiger partial charge on any atom is -0.265 e. The maximum absolute atomic E-state index is 13.6. The monoisotopic (exact) mass is 271 g/mol. The van der Waals surface area contributed by atoms with Crippen molar-refractivity contribution in [3.8, 4) is 11.1 Å². The molecule has 6 heteroatoms. The van der Waals surface area contributed by atoms with Gasteiger partial charge in [-0.05, 0) is 35.4 Å². The normalized spacial score (nSPS) is 11.4. The lowest BCUT2D eigenvalue weighted by molar-refractivity contribution is 0.576. The molecule has 0 spiro atoms. The van der Waals surface area contributed by atoms with Gasteiger partial charge in [0, 0.05) is 23.1 Å². The summed E-state index contributed by atoms with van der Waals surface area (Å²) in [7, 11) is 1.04. The third kappa shape index (κ3) is 2.62. The molecular formula is C11H7ClFNO2S. The zero-order valence-electron chi connectivity index (χ0n) is 8.47. The van der Waals surface area contributed by atoms with Crippen LogP contribution in [0.3, 0.4) is 0 Å². The maximum atomic E-state index is 13.6. The summed E-state index contributed by atoms with van der Waals surface area (Å²) in [5.41, 5.74) is 1.31. The van der Waals surface area contributed by atoms with Gasteiger partial charge in [-0.25, -0.2) is 12.8 Å². The topological polar surface area (TPSA) is 47.0 Å². The Morgan fingerprint density at radius 2 is 1.71 bits per heavy atom. The van der Waals surface area contributed by atoms with Crippen molar-refractivity contribution in [1.29, 1.82) is 0 Å². The van der Waals surface area contributed by atoms with Gasteiger partial charge in [0.15, 0.2) is 0 Å². The van der Waals surface area contributed by atoms with E-state index in [2.05, 4.69) is 4.98 Å². The third-order valence-electron chi connectivity index (χ3n) is 2.21. The largest absolute Gasteiger partial charge is 0.265 e. The van der Waals surface area contributed by atoms with E-state index in [-0.39, 0.29) is 0 Å². The molecule has 1 aromatic heterocycles. The second kappa shape index (κ2) is 4.43. The van der Waals surface area contributed by atoms with Crippen LogP contribution in [0.5, 0.6) is 0 Å². The minimum absolute atomic E-state index is 0.517. The van der Waals surface area contributed by atoms with E-state index in [0.29, 0.717) is 5.56 Å². The zero-order chi connectivity index (χ0) is 12.5. The molecule has 0 unspecified atom stereocenters. The Hall–Kier alpha value is -1.46. The third-order valence-corrected chi connectivity index (χ3v) is 3.56. The van der Waals surface area contributed by atoms with Crippen LogP contribution < -0.4 is 0 Å². The van der Waals surface area contributed by atoms with Gasteiger partial charge in [0.2, 0.25) is 0 Å². The van der Waals surface area contributed by atoms with Crippen molar-refractivity contribution >= 4 is 19.7 Å². The fraction of sp³-hybridized carbons (Fsp3) is 0. The second-order valence-corrected chi connectivity index (χ2v) is 5.85. The van der Waals surface area contributed by atoms with Gasteiger partial charge in [-0.1, -0.05) is 6.07 Å². The Kier molecular flexibility index (Phi) is 3.13. The summed E-state index contributed by atoms with van der Waals surface area (Å²) in [5, 5.41) is 0. The average Bonchev–Trinajstić information content (AvgIpc) is 2.28. The fourth-order valence-corrected chi connectivity index (χ4v) is 2.32. The molecule has 0 aliphatic carbocycles. The summed E-state index contributed by atoms with van der Waals surface area (Å²) in [6.45, 7) is 0. The number of pyridine rings is 1. The number of rotatable bonds is 2. The van der Waals surface area contributed by atoms with Gasteiger partial charge in [-0.15, -0.1) is 0 Å². The van der Waals surface area contributed by atoms with Crippen molar-refractivity contribution in [2.75, 3.05) is 0 Å². The number of halogens is 2. The summed E-state index contributed by atoms with van der Waals surface area (Å²) in [6, 6.07) is 7.17. The highest BCUT2D eigenvalue weighted by molar-refractivity contribution is 8.13. The smallest absolute Gasteiger partial charge is 0.264 e. The second-order valence-electron chi connectivity index (χ2n) is 3.32. The van der Waals surface area contributed by atoms with Crippen LogP contribution in [0.4, 0.5) is 4.39 Å². The molecule has 0 amide bonds. The van der Waals surface area contributed by atoms with Gasteiger partial charge >= 0.3 is 0 Å².